The molecule has 0 spiro atoms. The molecular formula is C42H82O2. The van der Waals surface area contributed by atoms with E-state index in [1.54, 1.807) is 0 Å². The molecule has 0 fully saturated rings. The molecule has 0 saturated carbocycles. The summed E-state index contributed by atoms with van der Waals surface area (Å²) in [6, 6.07) is 0. The van der Waals surface area contributed by atoms with Crippen molar-refractivity contribution in [2.75, 3.05) is 0 Å². The van der Waals surface area contributed by atoms with Gasteiger partial charge >= 0.3 is 5.97 Å². The van der Waals surface area contributed by atoms with Crippen molar-refractivity contribution in [2.24, 2.45) is 5.41 Å². The van der Waals surface area contributed by atoms with Crippen LogP contribution in [0.2, 0.25) is 0 Å². The lowest BCUT2D eigenvalue weighted by molar-refractivity contribution is -0.150. The highest BCUT2D eigenvalue weighted by atomic mass is 16.4. The molecule has 0 aromatic heterocycles. The molecule has 0 bridgehead atoms. The Kier molecular flexibility index (Phi) is 34.4. The molecule has 0 rings (SSSR count). The fraction of sp³-hybridized carbons (Fsp3) is 0.929. The Morgan fingerprint density at radius 2 is 0.614 bits per heavy atom. The van der Waals surface area contributed by atoms with E-state index in [9.17, 15) is 9.90 Å². The van der Waals surface area contributed by atoms with E-state index in [0.29, 0.717) is 0 Å². The van der Waals surface area contributed by atoms with Gasteiger partial charge in [0.05, 0.1) is 5.41 Å². The molecule has 0 amide bonds. The summed E-state index contributed by atoms with van der Waals surface area (Å²) in [7, 11) is 0. The van der Waals surface area contributed by atoms with E-state index in [1.807, 2.05) is 0 Å². The lowest BCUT2D eigenvalue weighted by Gasteiger charge is -2.30. The summed E-state index contributed by atoms with van der Waals surface area (Å²) in [6.07, 6.45) is 49.3. The zero-order valence-corrected chi connectivity index (χ0v) is 30.8. The Hall–Kier alpha value is -0.790. The molecule has 0 aromatic carbocycles. The van der Waals surface area contributed by atoms with Crippen molar-refractivity contribution in [1.29, 1.82) is 0 Å². The fourth-order valence-corrected chi connectivity index (χ4v) is 6.95. The fourth-order valence-electron chi connectivity index (χ4n) is 6.95. The molecule has 0 aliphatic heterocycles. The summed E-state index contributed by atoms with van der Waals surface area (Å²) >= 11 is 0. The Morgan fingerprint density at radius 1 is 0.386 bits per heavy atom. The Balaban J connectivity index is 4.40. The number of carboxylic acid groups (broad SMARTS) is 1. The van der Waals surface area contributed by atoms with Crippen LogP contribution >= 0.6 is 0 Å². The van der Waals surface area contributed by atoms with Crippen LogP contribution in [0.15, 0.2) is 12.2 Å². The van der Waals surface area contributed by atoms with Crippen LogP contribution in [0.3, 0.4) is 0 Å². The third-order valence-electron chi connectivity index (χ3n) is 10.1. The number of rotatable bonds is 37. The van der Waals surface area contributed by atoms with E-state index in [4.69, 9.17) is 0 Å². The first-order chi connectivity index (χ1) is 21.6. The molecule has 2 nitrogen and oxygen atoms in total. The van der Waals surface area contributed by atoms with Crippen LogP contribution in [0.4, 0.5) is 0 Å². The number of hydrogen-bond donors (Lipinski definition) is 1. The largest absolute Gasteiger partial charge is 0.481 e. The molecule has 0 aromatic rings. The van der Waals surface area contributed by atoms with Gasteiger partial charge in [0.1, 0.15) is 0 Å². The standard InChI is InChI=1S/C42H82O2/c1-4-7-10-13-16-19-22-23-24-25-28-31-34-37-40-42(41(43)44,38-35-32-29-26-20-17-14-11-8-5-2)39-36-33-30-27-21-18-15-12-9-6-3/h23-24H,4-22,25-40H2,1-3H3,(H,43,44)/b24-23-. The number of unbranched alkanes of at least 4 members (excludes halogenated alkanes) is 28. The number of carboxylic acids is 1. The van der Waals surface area contributed by atoms with Gasteiger partial charge in [0, 0.05) is 0 Å². The quantitative estimate of drug-likeness (QED) is 0.0555. The maximum atomic E-state index is 12.8. The lowest BCUT2D eigenvalue weighted by Crippen LogP contribution is -2.31. The Morgan fingerprint density at radius 3 is 0.864 bits per heavy atom. The lowest BCUT2D eigenvalue weighted by atomic mass is 9.74. The SMILES string of the molecule is CCCCCCCC/C=C\CCCCCCC(CCCCCCCCCCCC)(CCCCCCCCCCCC)C(=O)O. The number of carbonyl (C=O) groups is 1. The van der Waals surface area contributed by atoms with E-state index in [0.717, 1.165) is 38.5 Å². The van der Waals surface area contributed by atoms with E-state index in [-0.39, 0.29) is 0 Å². The summed E-state index contributed by atoms with van der Waals surface area (Å²) in [5.41, 5.74) is -0.475. The number of allylic oxidation sites excluding steroid dienone is 2. The average molecular weight is 619 g/mol. The molecule has 262 valence electrons. The summed E-state index contributed by atoms with van der Waals surface area (Å²) in [5.74, 6) is -0.498. The first kappa shape index (κ1) is 43.2. The molecule has 44 heavy (non-hydrogen) atoms. The van der Waals surface area contributed by atoms with Crippen LogP contribution in [0.25, 0.3) is 0 Å². The summed E-state index contributed by atoms with van der Waals surface area (Å²) in [6.45, 7) is 6.85. The van der Waals surface area contributed by atoms with Gasteiger partial charge in [-0.2, -0.15) is 0 Å². The van der Waals surface area contributed by atoms with Crippen molar-refractivity contribution in [3.63, 3.8) is 0 Å². The van der Waals surface area contributed by atoms with E-state index in [2.05, 4.69) is 32.9 Å². The van der Waals surface area contributed by atoms with Crippen molar-refractivity contribution in [3.8, 4) is 0 Å². The molecular weight excluding hydrogens is 536 g/mol. The first-order valence-corrected chi connectivity index (χ1v) is 20.5. The van der Waals surface area contributed by atoms with Gasteiger partial charge < -0.3 is 5.11 Å². The predicted molar refractivity (Wildman–Crippen MR) is 198 cm³/mol. The maximum Gasteiger partial charge on any atom is 0.309 e. The second kappa shape index (κ2) is 35.1. The molecule has 1 N–H and O–H groups in total. The highest BCUT2D eigenvalue weighted by Gasteiger charge is 2.36. The van der Waals surface area contributed by atoms with Gasteiger partial charge in [0.25, 0.3) is 0 Å². The number of aliphatic carboxylic acids is 1. The van der Waals surface area contributed by atoms with Crippen LogP contribution < -0.4 is 0 Å². The third-order valence-corrected chi connectivity index (χ3v) is 10.1. The van der Waals surface area contributed by atoms with Crippen molar-refractivity contribution in [2.45, 2.75) is 245 Å². The Bertz CT molecular complexity index is 571. The van der Waals surface area contributed by atoms with Crippen LogP contribution in [-0.4, -0.2) is 11.1 Å². The van der Waals surface area contributed by atoms with Gasteiger partial charge in [-0.05, 0) is 44.9 Å². The zero-order chi connectivity index (χ0) is 32.2. The average Bonchev–Trinajstić information content (AvgIpc) is 3.02. The van der Waals surface area contributed by atoms with Gasteiger partial charge in [0.15, 0.2) is 0 Å². The molecule has 0 unspecified atom stereocenters. The minimum absolute atomic E-state index is 0.475. The molecule has 0 aliphatic rings. The van der Waals surface area contributed by atoms with Crippen molar-refractivity contribution in [3.05, 3.63) is 12.2 Å². The van der Waals surface area contributed by atoms with Gasteiger partial charge in [0.2, 0.25) is 0 Å². The van der Waals surface area contributed by atoms with Crippen molar-refractivity contribution < 1.29 is 9.90 Å². The normalized spacial score (nSPS) is 12.1. The second-order valence-electron chi connectivity index (χ2n) is 14.4. The molecule has 0 saturated heterocycles. The minimum atomic E-state index is -0.498. The summed E-state index contributed by atoms with van der Waals surface area (Å²) < 4.78 is 0. The van der Waals surface area contributed by atoms with Gasteiger partial charge in [-0.15, -0.1) is 0 Å². The van der Waals surface area contributed by atoms with Crippen LogP contribution in [0.1, 0.15) is 245 Å². The van der Waals surface area contributed by atoms with Crippen molar-refractivity contribution in [1.82, 2.24) is 0 Å². The van der Waals surface area contributed by atoms with Crippen LogP contribution in [0, 0.1) is 5.41 Å². The van der Waals surface area contributed by atoms with Crippen molar-refractivity contribution >= 4 is 5.97 Å². The highest BCUT2D eigenvalue weighted by molar-refractivity contribution is 5.74. The zero-order valence-electron chi connectivity index (χ0n) is 30.8. The van der Waals surface area contributed by atoms with Gasteiger partial charge in [-0.3, -0.25) is 4.79 Å². The topological polar surface area (TPSA) is 37.3 Å². The van der Waals surface area contributed by atoms with Gasteiger partial charge in [-0.25, -0.2) is 0 Å². The summed E-state index contributed by atoms with van der Waals surface area (Å²) in [4.78, 5) is 12.8. The smallest absolute Gasteiger partial charge is 0.309 e. The molecule has 0 aliphatic carbocycles. The molecule has 0 radical (unpaired) electrons. The Labute approximate surface area is 278 Å². The molecule has 2 heteroatoms. The second-order valence-corrected chi connectivity index (χ2v) is 14.4. The van der Waals surface area contributed by atoms with Gasteiger partial charge in [-0.1, -0.05) is 213 Å². The molecule has 0 atom stereocenters. The van der Waals surface area contributed by atoms with Crippen LogP contribution in [-0.2, 0) is 4.79 Å². The van der Waals surface area contributed by atoms with Crippen LogP contribution in [0.5, 0.6) is 0 Å². The maximum absolute atomic E-state index is 12.8. The predicted octanol–water partition coefficient (Wildman–Crippen LogP) is 15.3. The third kappa shape index (κ3) is 28.7. The van der Waals surface area contributed by atoms with E-state index >= 15 is 0 Å². The first-order valence-electron chi connectivity index (χ1n) is 20.5. The number of hydrogen-bond acceptors (Lipinski definition) is 1. The summed E-state index contributed by atoms with van der Waals surface area (Å²) in [5, 5.41) is 10.5. The van der Waals surface area contributed by atoms with E-state index < -0.39 is 11.4 Å². The minimum Gasteiger partial charge on any atom is -0.481 e. The van der Waals surface area contributed by atoms with E-state index in [1.165, 1.54) is 186 Å². The highest BCUT2D eigenvalue weighted by Crippen LogP contribution is 2.38. The monoisotopic (exact) mass is 619 g/mol. The molecule has 0 heterocycles.